The molecule has 0 fully saturated rings. The van der Waals surface area contributed by atoms with Gasteiger partial charge in [0.15, 0.2) is 5.78 Å². The first-order valence-corrected chi connectivity index (χ1v) is 6.49. The van der Waals surface area contributed by atoms with Gasteiger partial charge in [0.05, 0.1) is 6.20 Å². The van der Waals surface area contributed by atoms with Gasteiger partial charge in [-0.05, 0) is 43.3 Å². The van der Waals surface area contributed by atoms with Crippen LogP contribution in [0.2, 0.25) is 0 Å². The molecule has 92 valence electrons. The number of benzene rings is 1. The molecule has 0 atom stereocenters. The molecule has 0 amide bonds. The summed E-state index contributed by atoms with van der Waals surface area (Å²) in [5.41, 5.74) is 1.61. The molecular weight excluding hydrogens is 292 g/mol. The molecule has 0 aliphatic rings. The van der Waals surface area contributed by atoms with E-state index in [-0.39, 0.29) is 5.78 Å². The van der Waals surface area contributed by atoms with Crippen LogP contribution in [0.15, 0.2) is 47.2 Å². The van der Waals surface area contributed by atoms with E-state index in [1.54, 1.807) is 30.5 Å². The summed E-state index contributed by atoms with van der Waals surface area (Å²) in [6, 6.07) is 7.31. The molecule has 0 spiro atoms. The van der Waals surface area contributed by atoms with Gasteiger partial charge in [0.1, 0.15) is 0 Å². The van der Waals surface area contributed by atoms with Gasteiger partial charge in [0, 0.05) is 28.3 Å². The van der Waals surface area contributed by atoms with Crippen molar-refractivity contribution in [2.75, 3.05) is 0 Å². The van der Waals surface area contributed by atoms with E-state index >= 15 is 0 Å². The topological polar surface area (TPSA) is 34.9 Å². The fraction of sp³-hybridized carbons (Fsp3) is 0.143. The van der Waals surface area contributed by atoms with E-state index in [0.29, 0.717) is 5.56 Å². The fourth-order valence-electron chi connectivity index (χ4n) is 1.52. The number of rotatable bonds is 4. The van der Waals surface area contributed by atoms with Crippen LogP contribution in [-0.4, -0.2) is 15.6 Å². The summed E-state index contributed by atoms with van der Waals surface area (Å²) in [5.74, 6) is -0.00764. The lowest BCUT2D eigenvalue weighted by Gasteiger charge is -1.95. The number of aromatic nitrogens is 2. The highest BCUT2D eigenvalue weighted by atomic mass is 79.9. The molecule has 0 unspecified atom stereocenters. The third-order valence-electron chi connectivity index (χ3n) is 2.53. The molecule has 3 nitrogen and oxygen atoms in total. The molecule has 0 aliphatic heterocycles. The van der Waals surface area contributed by atoms with Gasteiger partial charge in [-0.25, -0.2) is 0 Å². The lowest BCUT2D eigenvalue weighted by molar-refractivity contribution is 0.104. The number of nitrogens with zero attached hydrogens (tertiary/aromatic N) is 2. The molecule has 2 aromatic rings. The summed E-state index contributed by atoms with van der Waals surface area (Å²) < 4.78 is 2.79. The minimum atomic E-state index is -0.00764. The minimum Gasteiger partial charge on any atom is -0.289 e. The summed E-state index contributed by atoms with van der Waals surface area (Å²) in [6.07, 6.45) is 7.00. The van der Waals surface area contributed by atoms with Gasteiger partial charge in [0.2, 0.25) is 0 Å². The summed E-state index contributed by atoms with van der Waals surface area (Å²) in [7, 11) is 0. The highest BCUT2D eigenvalue weighted by molar-refractivity contribution is 9.10. The van der Waals surface area contributed by atoms with Gasteiger partial charge in [-0.1, -0.05) is 15.9 Å². The third-order valence-corrected chi connectivity index (χ3v) is 3.06. The van der Waals surface area contributed by atoms with E-state index in [4.69, 9.17) is 0 Å². The van der Waals surface area contributed by atoms with Crippen LogP contribution >= 0.6 is 15.9 Å². The molecule has 0 N–H and O–H groups in total. The smallest absolute Gasteiger partial charge is 0.185 e. The van der Waals surface area contributed by atoms with E-state index in [9.17, 15) is 4.79 Å². The Labute approximate surface area is 114 Å². The van der Waals surface area contributed by atoms with Gasteiger partial charge in [-0.2, -0.15) is 5.10 Å². The normalized spacial score (nSPS) is 11.0. The number of ketones is 1. The first-order valence-electron chi connectivity index (χ1n) is 5.69. The van der Waals surface area contributed by atoms with E-state index < -0.39 is 0 Å². The summed E-state index contributed by atoms with van der Waals surface area (Å²) in [6.45, 7) is 2.85. The van der Waals surface area contributed by atoms with E-state index in [1.807, 2.05) is 29.9 Å². The zero-order chi connectivity index (χ0) is 13.0. The van der Waals surface area contributed by atoms with Crippen molar-refractivity contribution >= 4 is 27.8 Å². The Hall–Kier alpha value is -1.68. The minimum absolute atomic E-state index is 0.00764. The Bertz CT molecular complexity index is 570. The lowest BCUT2D eigenvalue weighted by atomic mass is 10.1. The van der Waals surface area contributed by atoms with Crippen LogP contribution in [-0.2, 0) is 6.54 Å². The second kappa shape index (κ2) is 5.78. The maximum Gasteiger partial charge on any atom is 0.185 e. The molecule has 18 heavy (non-hydrogen) atoms. The van der Waals surface area contributed by atoms with E-state index in [2.05, 4.69) is 21.0 Å². The Morgan fingerprint density at radius 2 is 2.11 bits per heavy atom. The maximum atomic E-state index is 11.9. The number of carbonyl (C=O) groups excluding carboxylic acids is 1. The number of halogens is 1. The molecular formula is C14H13BrN2O. The third kappa shape index (κ3) is 3.17. The van der Waals surface area contributed by atoms with Crippen LogP contribution in [0.5, 0.6) is 0 Å². The van der Waals surface area contributed by atoms with E-state index in [1.165, 1.54) is 0 Å². The van der Waals surface area contributed by atoms with Gasteiger partial charge in [-0.3, -0.25) is 9.48 Å². The summed E-state index contributed by atoms with van der Waals surface area (Å²) in [5, 5.41) is 4.14. The number of hydrogen-bond acceptors (Lipinski definition) is 2. The van der Waals surface area contributed by atoms with Crippen LogP contribution in [0.4, 0.5) is 0 Å². The molecule has 2 rings (SSSR count). The predicted octanol–water partition coefficient (Wildman–Crippen LogP) is 3.56. The largest absolute Gasteiger partial charge is 0.289 e. The molecule has 1 aromatic carbocycles. The number of hydrogen-bond donors (Lipinski definition) is 0. The zero-order valence-electron chi connectivity index (χ0n) is 10.0. The Balaban J connectivity index is 2.09. The van der Waals surface area contributed by atoms with Crippen LogP contribution in [0.1, 0.15) is 22.8 Å². The standard InChI is InChI=1S/C14H13BrN2O/c1-2-17-10-11(9-16-17)3-8-14(18)12-4-6-13(15)7-5-12/h3-10H,2H2,1H3. The van der Waals surface area contributed by atoms with Crippen LogP contribution < -0.4 is 0 Å². The first-order chi connectivity index (χ1) is 8.69. The predicted molar refractivity (Wildman–Crippen MR) is 75.4 cm³/mol. The Morgan fingerprint density at radius 1 is 1.39 bits per heavy atom. The number of carbonyl (C=O) groups is 1. The fourth-order valence-corrected chi connectivity index (χ4v) is 1.79. The lowest BCUT2D eigenvalue weighted by Crippen LogP contribution is -1.93. The van der Waals surface area contributed by atoms with Crippen LogP contribution in [0, 0.1) is 0 Å². The molecule has 0 aliphatic carbocycles. The van der Waals surface area contributed by atoms with Gasteiger partial charge < -0.3 is 0 Å². The van der Waals surface area contributed by atoms with Crippen molar-refractivity contribution in [3.8, 4) is 0 Å². The van der Waals surface area contributed by atoms with Crippen molar-refractivity contribution in [1.29, 1.82) is 0 Å². The monoisotopic (exact) mass is 304 g/mol. The van der Waals surface area contributed by atoms with Crippen molar-refractivity contribution in [2.24, 2.45) is 0 Å². The van der Waals surface area contributed by atoms with Crippen molar-refractivity contribution in [2.45, 2.75) is 13.5 Å². The summed E-state index contributed by atoms with van der Waals surface area (Å²) >= 11 is 3.34. The SMILES string of the molecule is CCn1cc(C=CC(=O)c2ccc(Br)cc2)cn1. The quantitative estimate of drug-likeness (QED) is 0.639. The average molecular weight is 305 g/mol. The van der Waals surface area contributed by atoms with Gasteiger partial charge in [-0.15, -0.1) is 0 Å². The van der Waals surface area contributed by atoms with Gasteiger partial charge in [0.25, 0.3) is 0 Å². The van der Waals surface area contributed by atoms with Crippen molar-refractivity contribution in [1.82, 2.24) is 9.78 Å². The highest BCUT2D eigenvalue weighted by Crippen LogP contribution is 2.12. The molecule has 1 heterocycles. The highest BCUT2D eigenvalue weighted by Gasteiger charge is 2.01. The molecule has 0 saturated carbocycles. The van der Waals surface area contributed by atoms with E-state index in [0.717, 1.165) is 16.6 Å². The second-order valence-corrected chi connectivity index (χ2v) is 4.75. The second-order valence-electron chi connectivity index (χ2n) is 3.83. The molecule has 0 bridgehead atoms. The zero-order valence-corrected chi connectivity index (χ0v) is 11.6. The van der Waals surface area contributed by atoms with Crippen LogP contribution in [0.25, 0.3) is 6.08 Å². The molecule has 0 saturated heterocycles. The maximum absolute atomic E-state index is 11.9. The molecule has 4 heteroatoms. The summed E-state index contributed by atoms with van der Waals surface area (Å²) in [4.78, 5) is 11.9. The van der Waals surface area contributed by atoms with Crippen molar-refractivity contribution < 1.29 is 4.79 Å². The van der Waals surface area contributed by atoms with Crippen molar-refractivity contribution in [3.05, 3.63) is 58.3 Å². The van der Waals surface area contributed by atoms with Crippen molar-refractivity contribution in [3.63, 3.8) is 0 Å². The van der Waals surface area contributed by atoms with Gasteiger partial charge >= 0.3 is 0 Å². The Morgan fingerprint density at radius 3 is 2.72 bits per heavy atom. The number of allylic oxidation sites excluding steroid dienone is 1. The average Bonchev–Trinajstić information content (AvgIpc) is 2.85. The first kappa shape index (κ1) is 12.8. The molecule has 1 aromatic heterocycles. The Kier molecular flexibility index (Phi) is 4.10. The van der Waals surface area contributed by atoms with Crippen LogP contribution in [0.3, 0.4) is 0 Å². The number of aryl methyl sites for hydroxylation is 1. The molecule has 0 radical (unpaired) electrons.